The summed E-state index contributed by atoms with van der Waals surface area (Å²) in [5, 5.41) is 1.95. The standard InChI is InChI=1S/C27H35P2.C5H5.Fe/c1-19(29(26(2,3)4)27(5,6)7)22-18-23(20-14-10-8-11-15-20)24(25(22)28)21-16-12-9-13-17-21;1-2-4-5-3-1;/h8-19H,28H2,1-7H3;1-5H;/q-1;-5;. The zero-order valence-electron chi connectivity index (χ0n) is 22.2. The molecule has 3 heteroatoms. The maximum Gasteiger partial charge on any atom is 0 e. The van der Waals surface area contributed by atoms with Gasteiger partial charge in [-0.25, -0.2) is 0 Å². The van der Waals surface area contributed by atoms with Crippen molar-refractivity contribution in [1.82, 2.24) is 0 Å². The topological polar surface area (TPSA) is 0 Å². The second-order valence-corrected chi connectivity index (χ2v) is 15.7. The van der Waals surface area contributed by atoms with Crippen molar-refractivity contribution in [2.24, 2.45) is 0 Å². The number of hydrogen-bond acceptors (Lipinski definition) is 0. The summed E-state index contributed by atoms with van der Waals surface area (Å²) in [6.07, 6.45) is 0. The van der Waals surface area contributed by atoms with Gasteiger partial charge in [0.15, 0.2) is 0 Å². The van der Waals surface area contributed by atoms with Gasteiger partial charge in [-0.3, -0.25) is 0 Å². The summed E-state index contributed by atoms with van der Waals surface area (Å²) in [5.74, 6) is 0. The Morgan fingerprint density at radius 2 is 1.11 bits per heavy atom. The summed E-state index contributed by atoms with van der Waals surface area (Å²) in [4.78, 5) is 0. The summed E-state index contributed by atoms with van der Waals surface area (Å²) in [5.41, 5.74) is 7.32. The number of hydrogen-bond donors (Lipinski definition) is 0. The van der Waals surface area contributed by atoms with E-state index >= 15 is 0 Å². The first-order chi connectivity index (χ1) is 16.0. The molecule has 0 aromatic heterocycles. The van der Waals surface area contributed by atoms with E-state index in [9.17, 15) is 0 Å². The molecule has 192 valence electrons. The van der Waals surface area contributed by atoms with Crippen molar-refractivity contribution in [2.75, 3.05) is 0 Å². The summed E-state index contributed by atoms with van der Waals surface area (Å²) in [7, 11) is 2.85. The van der Waals surface area contributed by atoms with Crippen molar-refractivity contribution in [3.8, 4) is 22.3 Å². The Hall–Kier alpha value is -1.48. The maximum absolute atomic E-state index is 3.10. The van der Waals surface area contributed by atoms with Gasteiger partial charge >= 0.3 is 0 Å². The van der Waals surface area contributed by atoms with Gasteiger partial charge in [0.05, 0.1) is 0 Å². The van der Waals surface area contributed by atoms with Crippen molar-refractivity contribution in [3.05, 3.63) is 103 Å². The van der Waals surface area contributed by atoms with Gasteiger partial charge < -0.3 is 30.3 Å². The molecule has 0 nitrogen and oxygen atoms in total. The molecule has 0 aliphatic heterocycles. The average molecular weight is 542 g/mol. The number of benzene rings is 2. The molecule has 0 aliphatic rings. The molecular weight excluding hydrogens is 502 g/mol. The van der Waals surface area contributed by atoms with E-state index < -0.39 is 0 Å². The predicted molar refractivity (Wildman–Crippen MR) is 159 cm³/mol. The first kappa shape index (κ1) is 29.7. The van der Waals surface area contributed by atoms with Crippen LogP contribution in [0.15, 0.2) is 97.1 Å². The third-order valence-electron chi connectivity index (χ3n) is 6.14. The largest absolute Gasteiger partial charge is 0.748 e. The minimum Gasteiger partial charge on any atom is -0.748 e. The van der Waals surface area contributed by atoms with Gasteiger partial charge in [-0.15, -0.1) is 28.0 Å². The fraction of sp³-hybridized carbons (Fsp3) is 0.312. The van der Waals surface area contributed by atoms with Crippen LogP contribution in [0, 0.1) is 0 Å². The van der Waals surface area contributed by atoms with E-state index in [1.54, 1.807) is 0 Å². The van der Waals surface area contributed by atoms with Crippen LogP contribution in [0.5, 0.6) is 0 Å². The van der Waals surface area contributed by atoms with Crippen LogP contribution in [0.25, 0.3) is 22.3 Å². The molecule has 0 saturated carbocycles. The van der Waals surface area contributed by atoms with E-state index in [4.69, 9.17) is 0 Å². The van der Waals surface area contributed by atoms with Gasteiger partial charge in [-0.1, -0.05) is 120 Å². The molecule has 0 fully saturated rings. The molecule has 0 amide bonds. The maximum atomic E-state index is 3.10. The summed E-state index contributed by atoms with van der Waals surface area (Å²) >= 11 is 0. The van der Waals surface area contributed by atoms with Crippen molar-refractivity contribution >= 4 is 22.5 Å². The third-order valence-corrected chi connectivity index (χ3v) is 10.7. The van der Waals surface area contributed by atoms with E-state index in [0.29, 0.717) is 16.0 Å². The molecule has 0 aliphatic carbocycles. The molecule has 0 radical (unpaired) electrons. The smallest absolute Gasteiger partial charge is 0 e. The van der Waals surface area contributed by atoms with E-state index in [1.165, 1.54) is 33.1 Å². The quantitative estimate of drug-likeness (QED) is 0.137. The zero-order chi connectivity index (χ0) is 24.9. The van der Waals surface area contributed by atoms with E-state index in [2.05, 4.69) is 124 Å². The van der Waals surface area contributed by atoms with E-state index in [0.717, 1.165) is 0 Å². The van der Waals surface area contributed by atoms with Crippen molar-refractivity contribution in [1.29, 1.82) is 0 Å². The normalized spacial score (nSPS) is 12.5. The van der Waals surface area contributed by atoms with Crippen LogP contribution in [0.2, 0.25) is 0 Å². The van der Waals surface area contributed by atoms with Crippen molar-refractivity contribution in [2.45, 2.75) is 64.4 Å². The molecule has 0 bridgehead atoms. The SMILES string of the molecule is CC([c-]1cc(-c2ccccc2)c(-c2ccccc2)c1P)P(C(C)(C)C)C(C)(C)C.[Fe].[cH-]1[cH-][cH-][cH-][cH-]1. The second-order valence-electron chi connectivity index (χ2n) is 10.9. The minimum atomic E-state index is -0.247. The molecule has 2 unspecified atom stereocenters. The van der Waals surface area contributed by atoms with Crippen LogP contribution in [-0.2, 0) is 17.1 Å². The van der Waals surface area contributed by atoms with Gasteiger partial charge in [0, 0.05) is 17.1 Å². The fourth-order valence-corrected chi connectivity index (χ4v) is 11.0. The molecule has 0 spiro atoms. The van der Waals surface area contributed by atoms with Crippen LogP contribution < -0.4 is 5.30 Å². The van der Waals surface area contributed by atoms with Gasteiger partial charge in [-0.05, 0) is 16.0 Å². The average Bonchev–Trinajstić information content (AvgIpc) is 3.45. The molecule has 0 heterocycles. The van der Waals surface area contributed by atoms with Crippen LogP contribution >= 0.6 is 17.2 Å². The van der Waals surface area contributed by atoms with Gasteiger partial charge in [0.2, 0.25) is 0 Å². The summed E-state index contributed by atoms with van der Waals surface area (Å²) < 4.78 is 0. The van der Waals surface area contributed by atoms with E-state index in [1.807, 2.05) is 30.3 Å². The molecule has 0 N–H and O–H groups in total. The van der Waals surface area contributed by atoms with Crippen LogP contribution in [0.3, 0.4) is 0 Å². The monoisotopic (exact) mass is 542 g/mol. The Balaban J connectivity index is 0.000000640. The third kappa shape index (κ3) is 7.51. The summed E-state index contributed by atoms with van der Waals surface area (Å²) in [6, 6.07) is 34.2. The molecule has 35 heavy (non-hydrogen) atoms. The van der Waals surface area contributed by atoms with E-state index in [-0.39, 0.29) is 25.0 Å². The Bertz CT molecular complexity index is 1100. The van der Waals surface area contributed by atoms with Gasteiger partial charge in [0.25, 0.3) is 0 Å². The first-order valence-electron chi connectivity index (χ1n) is 12.2. The Morgan fingerprint density at radius 3 is 1.51 bits per heavy atom. The fourth-order valence-electron chi connectivity index (χ4n) is 5.33. The Morgan fingerprint density at radius 1 is 0.714 bits per heavy atom. The Kier molecular flexibility index (Phi) is 10.8. The molecular formula is C32H40FeP2-6. The zero-order valence-corrected chi connectivity index (χ0v) is 25.3. The Labute approximate surface area is 228 Å². The van der Waals surface area contributed by atoms with Crippen molar-refractivity contribution in [3.63, 3.8) is 0 Å². The molecule has 4 rings (SSSR count). The molecule has 4 aromatic rings. The van der Waals surface area contributed by atoms with Crippen LogP contribution in [-0.4, -0.2) is 10.3 Å². The summed E-state index contributed by atoms with van der Waals surface area (Å²) in [6.45, 7) is 17.0. The van der Waals surface area contributed by atoms with Gasteiger partial charge in [0.1, 0.15) is 0 Å². The van der Waals surface area contributed by atoms with Crippen molar-refractivity contribution < 1.29 is 17.1 Å². The predicted octanol–water partition coefficient (Wildman–Crippen LogP) is 9.78. The molecule has 0 saturated heterocycles. The van der Waals surface area contributed by atoms with Crippen LogP contribution in [0.1, 0.15) is 59.7 Å². The first-order valence-corrected chi connectivity index (χ1v) is 14.2. The second kappa shape index (κ2) is 12.7. The molecule has 4 aromatic carbocycles. The molecule has 2 atom stereocenters. The number of rotatable bonds is 4. The van der Waals surface area contributed by atoms with Gasteiger partial charge in [-0.2, -0.15) is 17.2 Å². The van der Waals surface area contributed by atoms with Crippen LogP contribution in [0.4, 0.5) is 0 Å². The minimum absolute atomic E-state index is 0.